The average Bonchev–Trinajstić information content (AvgIpc) is 2.41. The summed E-state index contributed by atoms with van der Waals surface area (Å²) in [5.74, 6) is 1.80. The molecule has 0 spiro atoms. The van der Waals surface area contributed by atoms with E-state index in [9.17, 15) is 0 Å². The lowest BCUT2D eigenvalue weighted by atomic mass is 9.76. The van der Waals surface area contributed by atoms with Crippen LogP contribution in [-0.2, 0) is 0 Å². The van der Waals surface area contributed by atoms with Crippen LogP contribution in [0, 0.1) is 11.8 Å². The van der Waals surface area contributed by atoms with E-state index in [4.69, 9.17) is 0 Å². The highest BCUT2D eigenvalue weighted by molar-refractivity contribution is 4.89. The van der Waals surface area contributed by atoms with Crippen molar-refractivity contribution < 1.29 is 0 Å². The Morgan fingerprint density at radius 2 is 1.94 bits per heavy atom. The molecule has 106 valence electrons. The largest absolute Gasteiger partial charge is 0.315 e. The van der Waals surface area contributed by atoms with E-state index in [2.05, 4.69) is 31.0 Å². The fourth-order valence-corrected chi connectivity index (χ4v) is 4.02. The van der Waals surface area contributed by atoms with E-state index in [0.29, 0.717) is 0 Å². The molecule has 4 atom stereocenters. The second kappa shape index (κ2) is 6.91. The molecule has 0 amide bonds. The molecule has 1 aliphatic heterocycles. The predicted molar refractivity (Wildman–Crippen MR) is 78.9 cm³/mol. The van der Waals surface area contributed by atoms with E-state index >= 15 is 0 Å². The van der Waals surface area contributed by atoms with Gasteiger partial charge in [-0.2, -0.15) is 0 Å². The highest BCUT2D eigenvalue weighted by atomic mass is 15.2. The third-order valence-electron chi connectivity index (χ3n) is 5.31. The van der Waals surface area contributed by atoms with Crippen molar-refractivity contribution >= 4 is 0 Å². The monoisotopic (exact) mass is 252 g/mol. The lowest BCUT2D eigenvalue weighted by Gasteiger charge is -2.46. The Bertz CT molecular complexity index is 235. The summed E-state index contributed by atoms with van der Waals surface area (Å²) < 4.78 is 0. The molecule has 1 saturated carbocycles. The van der Waals surface area contributed by atoms with Gasteiger partial charge in [0.25, 0.3) is 0 Å². The summed E-state index contributed by atoms with van der Waals surface area (Å²) in [7, 11) is 0. The van der Waals surface area contributed by atoms with Crippen LogP contribution in [0.25, 0.3) is 0 Å². The first kappa shape index (κ1) is 14.3. The van der Waals surface area contributed by atoms with E-state index in [0.717, 1.165) is 23.9 Å². The van der Waals surface area contributed by atoms with Crippen LogP contribution in [0.15, 0.2) is 0 Å². The number of piperidine rings is 1. The van der Waals surface area contributed by atoms with Crippen molar-refractivity contribution in [2.24, 2.45) is 11.8 Å². The Morgan fingerprint density at radius 3 is 2.61 bits per heavy atom. The summed E-state index contributed by atoms with van der Waals surface area (Å²) >= 11 is 0. The summed E-state index contributed by atoms with van der Waals surface area (Å²) in [4.78, 5) is 2.87. The van der Waals surface area contributed by atoms with Gasteiger partial charge in [-0.15, -0.1) is 0 Å². The van der Waals surface area contributed by atoms with Crippen LogP contribution in [0.4, 0.5) is 0 Å². The molecule has 2 fully saturated rings. The quantitative estimate of drug-likeness (QED) is 0.826. The van der Waals surface area contributed by atoms with Crippen LogP contribution in [0.2, 0.25) is 0 Å². The van der Waals surface area contributed by atoms with Crippen molar-refractivity contribution in [1.82, 2.24) is 10.2 Å². The maximum Gasteiger partial charge on any atom is 0.0224 e. The predicted octanol–water partition coefficient (Wildman–Crippen LogP) is 3.28. The summed E-state index contributed by atoms with van der Waals surface area (Å²) in [6, 6.07) is 1.65. The molecule has 0 aromatic carbocycles. The third-order valence-corrected chi connectivity index (χ3v) is 5.31. The van der Waals surface area contributed by atoms with Crippen LogP contribution in [0.1, 0.15) is 59.3 Å². The molecule has 2 heteroatoms. The smallest absolute Gasteiger partial charge is 0.0224 e. The zero-order valence-electron chi connectivity index (χ0n) is 12.6. The Labute approximate surface area is 114 Å². The number of nitrogens with zero attached hydrogens (tertiary/aromatic N) is 1. The SMILES string of the molecule is CCCN(C1CCCNC1)C1CCCC(C)C1C. The van der Waals surface area contributed by atoms with Gasteiger partial charge in [0.15, 0.2) is 0 Å². The van der Waals surface area contributed by atoms with Crippen LogP contribution < -0.4 is 5.32 Å². The highest BCUT2D eigenvalue weighted by Gasteiger charge is 2.34. The fourth-order valence-electron chi connectivity index (χ4n) is 4.02. The Kier molecular flexibility index (Phi) is 5.50. The molecule has 2 aliphatic rings. The summed E-state index contributed by atoms with van der Waals surface area (Å²) in [6.45, 7) is 11.0. The Balaban J connectivity index is 2.02. The minimum Gasteiger partial charge on any atom is -0.315 e. The third kappa shape index (κ3) is 3.27. The lowest BCUT2D eigenvalue weighted by molar-refractivity contribution is 0.0369. The number of hydrogen-bond donors (Lipinski definition) is 1. The number of hydrogen-bond acceptors (Lipinski definition) is 2. The molecule has 0 bridgehead atoms. The second-order valence-electron chi connectivity index (χ2n) is 6.57. The second-order valence-corrected chi connectivity index (χ2v) is 6.57. The first-order valence-electron chi connectivity index (χ1n) is 8.20. The van der Waals surface area contributed by atoms with Gasteiger partial charge in [0.2, 0.25) is 0 Å². The van der Waals surface area contributed by atoms with Gasteiger partial charge in [-0.05, 0) is 50.6 Å². The molecule has 2 nitrogen and oxygen atoms in total. The maximum absolute atomic E-state index is 3.60. The normalized spacial score (nSPS) is 38.0. The molecule has 1 heterocycles. The van der Waals surface area contributed by atoms with Gasteiger partial charge >= 0.3 is 0 Å². The number of nitrogens with one attached hydrogen (secondary N) is 1. The first-order chi connectivity index (χ1) is 8.74. The summed E-state index contributed by atoms with van der Waals surface area (Å²) in [6.07, 6.45) is 8.39. The van der Waals surface area contributed by atoms with Gasteiger partial charge in [0.05, 0.1) is 0 Å². The van der Waals surface area contributed by atoms with Gasteiger partial charge in [-0.3, -0.25) is 4.90 Å². The fraction of sp³-hybridized carbons (Fsp3) is 1.00. The number of rotatable bonds is 4. The highest BCUT2D eigenvalue weighted by Crippen LogP contribution is 2.34. The van der Waals surface area contributed by atoms with Gasteiger partial charge < -0.3 is 5.32 Å². The van der Waals surface area contributed by atoms with Gasteiger partial charge in [-0.1, -0.05) is 33.6 Å². The average molecular weight is 252 g/mol. The van der Waals surface area contributed by atoms with Gasteiger partial charge in [-0.25, -0.2) is 0 Å². The van der Waals surface area contributed by atoms with Crippen LogP contribution in [-0.4, -0.2) is 36.6 Å². The van der Waals surface area contributed by atoms with Crippen LogP contribution >= 0.6 is 0 Å². The molecule has 18 heavy (non-hydrogen) atoms. The standard InChI is InChI=1S/C16H32N2/c1-4-11-18(15-8-6-10-17-12-15)16-9-5-7-13(2)14(16)3/h13-17H,4-12H2,1-3H3. The van der Waals surface area contributed by atoms with Crippen molar-refractivity contribution in [2.75, 3.05) is 19.6 Å². The molecular weight excluding hydrogens is 220 g/mol. The van der Waals surface area contributed by atoms with E-state index in [-0.39, 0.29) is 0 Å². The molecule has 4 unspecified atom stereocenters. The minimum absolute atomic E-state index is 0.802. The molecular formula is C16H32N2. The van der Waals surface area contributed by atoms with E-state index in [1.54, 1.807) is 0 Å². The molecule has 0 aromatic heterocycles. The molecule has 0 radical (unpaired) electrons. The van der Waals surface area contributed by atoms with Crippen molar-refractivity contribution in [3.63, 3.8) is 0 Å². The lowest BCUT2D eigenvalue weighted by Crippen LogP contribution is -2.54. The first-order valence-corrected chi connectivity index (χ1v) is 8.20. The molecule has 1 aliphatic carbocycles. The Hall–Kier alpha value is -0.0800. The van der Waals surface area contributed by atoms with Crippen LogP contribution in [0.5, 0.6) is 0 Å². The van der Waals surface area contributed by atoms with Gasteiger partial charge in [0, 0.05) is 18.6 Å². The zero-order valence-corrected chi connectivity index (χ0v) is 12.6. The summed E-state index contributed by atoms with van der Waals surface area (Å²) in [5, 5.41) is 3.60. The van der Waals surface area contributed by atoms with Crippen molar-refractivity contribution in [1.29, 1.82) is 0 Å². The maximum atomic E-state index is 3.60. The molecule has 1 saturated heterocycles. The molecule has 0 aromatic rings. The van der Waals surface area contributed by atoms with Crippen molar-refractivity contribution in [3.8, 4) is 0 Å². The zero-order chi connectivity index (χ0) is 13.0. The van der Waals surface area contributed by atoms with Crippen LogP contribution in [0.3, 0.4) is 0 Å². The van der Waals surface area contributed by atoms with Crippen molar-refractivity contribution in [3.05, 3.63) is 0 Å². The van der Waals surface area contributed by atoms with E-state index < -0.39 is 0 Å². The van der Waals surface area contributed by atoms with E-state index in [1.165, 1.54) is 58.2 Å². The molecule has 1 N–H and O–H groups in total. The van der Waals surface area contributed by atoms with Gasteiger partial charge in [0.1, 0.15) is 0 Å². The van der Waals surface area contributed by atoms with E-state index in [1.807, 2.05) is 0 Å². The van der Waals surface area contributed by atoms with Crippen molar-refractivity contribution in [2.45, 2.75) is 71.4 Å². The Morgan fingerprint density at radius 1 is 1.11 bits per heavy atom. The minimum atomic E-state index is 0.802. The topological polar surface area (TPSA) is 15.3 Å². The summed E-state index contributed by atoms with van der Waals surface area (Å²) in [5.41, 5.74) is 0. The molecule has 2 rings (SSSR count).